The maximum absolute atomic E-state index is 13.3. The van der Waals surface area contributed by atoms with Gasteiger partial charge in [0.15, 0.2) is 0 Å². The topological polar surface area (TPSA) is 20.2 Å². The predicted octanol–water partition coefficient (Wildman–Crippen LogP) is 4.49. The van der Waals surface area contributed by atoms with Crippen LogP contribution in [0.25, 0.3) is 0 Å². The molecular formula is C16H16ClFO. The van der Waals surface area contributed by atoms with Crippen LogP contribution in [0.15, 0.2) is 30.3 Å². The van der Waals surface area contributed by atoms with Gasteiger partial charge in [-0.3, -0.25) is 0 Å². The summed E-state index contributed by atoms with van der Waals surface area (Å²) in [7, 11) is 0. The largest absolute Gasteiger partial charge is 0.384 e. The lowest BCUT2D eigenvalue weighted by molar-refractivity contribution is 0.218. The zero-order chi connectivity index (χ0) is 14.2. The molecule has 1 unspecified atom stereocenters. The van der Waals surface area contributed by atoms with Crippen LogP contribution >= 0.6 is 11.6 Å². The number of aliphatic hydroxyl groups is 1. The van der Waals surface area contributed by atoms with Gasteiger partial charge in [-0.05, 0) is 66.8 Å². The molecule has 0 aliphatic heterocycles. The van der Waals surface area contributed by atoms with Crippen molar-refractivity contribution in [1.82, 2.24) is 0 Å². The van der Waals surface area contributed by atoms with E-state index in [4.69, 9.17) is 11.6 Å². The van der Waals surface area contributed by atoms with E-state index in [0.717, 1.165) is 27.8 Å². The average molecular weight is 279 g/mol. The molecular weight excluding hydrogens is 263 g/mol. The highest BCUT2D eigenvalue weighted by atomic mass is 35.5. The minimum Gasteiger partial charge on any atom is -0.384 e. The van der Waals surface area contributed by atoms with E-state index in [9.17, 15) is 9.50 Å². The van der Waals surface area contributed by atoms with E-state index in [1.165, 1.54) is 12.1 Å². The van der Waals surface area contributed by atoms with Crippen molar-refractivity contribution in [2.45, 2.75) is 26.9 Å². The molecule has 0 aliphatic rings. The van der Waals surface area contributed by atoms with Crippen molar-refractivity contribution >= 4 is 11.6 Å². The number of hydrogen-bond donors (Lipinski definition) is 1. The number of rotatable bonds is 2. The summed E-state index contributed by atoms with van der Waals surface area (Å²) in [5.41, 5.74) is 3.82. The smallest absolute Gasteiger partial charge is 0.123 e. The van der Waals surface area contributed by atoms with Crippen molar-refractivity contribution in [3.8, 4) is 0 Å². The van der Waals surface area contributed by atoms with Gasteiger partial charge in [0.2, 0.25) is 0 Å². The van der Waals surface area contributed by atoms with E-state index in [1.54, 1.807) is 19.9 Å². The lowest BCUT2D eigenvalue weighted by Crippen LogP contribution is -2.07. The van der Waals surface area contributed by atoms with Crippen molar-refractivity contribution in [2.24, 2.45) is 0 Å². The molecule has 0 aliphatic carbocycles. The number of aliphatic hydroxyl groups excluding tert-OH is 1. The lowest BCUT2D eigenvalue weighted by Gasteiger charge is -2.19. The Morgan fingerprint density at radius 1 is 1.11 bits per heavy atom. The van der Waals surface area contributed by atoms with Crippen molar-refractivity contribution in [3.63, 3.8) is 0 Å². The highest BCUT2D eigenvalue weighted by molar-refractivity contribution is 6.31. The quantitative estimate of drug-likeness (QED) is 0.858. The second-order valence-corrected chi connectivity index (χ2v) is 5.22. The third-order valence-corrected chi connectivity index (χ3v) is 3.85. The molecule has 100 valence electrons. The average Bonchev–Trinajstić information content (AvgIpc) is 2.31. The Hall–Kier alpha value is -1.38. The molecule has 19 heavy (non-hydrogen) atoms. The molecule has 3 heteroatoms. The van der Waals surface area contributed by atoms with E-state index in [-0.39, 0.29) is 5.82 Å². The molecule has 2 rings (SSSR count). The summed E-state index contributed by atoms with van der Waals surface area (Å²) >= 11 is 6.08. The monoisotopic (exact) mass is 278 g/mol. The predicted molar refractivity (Wildman–Crippen MR) is 76.1 cm³/mol. The van der Waals surface area contributed by atoms with E-state index < -0.39 is 6.10 Å². The molecule has 1 N–H and O–H groups in total. The first-order chi connectivity index (χ1) is 8.91. The van der Waals surface area contributed by atoms with Crippen LogP contribution in [0.1, 0.15) is 33.9 Å². The van der Waals surface area contributed by atoms with E-state index in [2.05, 4.69) is 0 Å². The van der Waals surface area contributed by atoms with Crippen LogP contribution in [0, 0.1) is 26.6 Å². The van der Waals surface area contributed by atoms with Crippen LogP contribution in [0.4, 0.5) is 4.39 Å². The van der Waals surface area contributed by atoms with Crippen molar-refractivity contribution in [2.75, 3.05) is 0 Å². The number of hydrogen-bond acceptors (Lipinski definition) is 1. The summed E-state index contributed by atoms with van der Waals surface area (Å²) < 4.78 is 13.3. The van der Waals surface area contributed by atoms with Gasteiger partial charge in [-0.15, -0.1) is 0 Å². The van der Waals surface area contributed by atoms with Gasteiger partial charge in [0, 0.05) is 5.02 Å². The van der Waals surface area contributed by atoms with Crippen LogP contribution in [0.5, 0.6) is 0 Å². The van der Waals surface area contributed by atoms with Crippen LogP contribution in [0.3, 0.4) is 0 Å². The Labute approximate surface area is 117 Å². The summed E-state index contributed by atoms with van der Waals surface area (Å²) in [5.74, 6) is -0.284. The molecule has 2 aromatic rings. The molecule has 0 saturated heterocycles. The first-order valence-electron chi connectivity index (χ1n) is 6.11. The molecule has 0 saturated carbocycles. The fraction of sp³-hybridized carbons (Fsp3) is 0.250. The third kappa shape index (κ3) is 2.65. The van der Waals surface area contributed by atoms with Crippen molar-refractivity contribution in [1.29, 1.82) is 0 Å². The Bertz CT molecular complexity index is 599. The van der Waals surface area contributed by atoms with Gasteiger partial charge in [-0.25, -0.2) is 4.39 Å². The summed E-state index contributed by atoms with van der Waals surface area (Å²) in [5, 5.41) is 11.2. The van der Waals surface area contributed by atoms with Crippen LogP contribution < -0.4 is 0 Å². The summed E-state index contributed by atoms with van der Waals surface area (Å²) in [6.45, 7) is 5.47. The molecule has 1 nitrogen and oxygen atoms in total. The third-order valence-electron chi connectivity index (χ3n) is 3.44. The van der Waals surface area contributed by atoms with Crippen LogP contribution in [0.2, 0.25) is 5.02 Å². The number of benzene rings is 2. The zero-order valence-electron chi connectivity index (χ0n) is 11.2. The number of halogens is 2. The van der Waals surface area contributed by atoms with Gasteiger partial charge in [-0.1, -0.05) is 23.7 Å². The molecule has 0 radical (unpaired) electrons. The first kappa shape index (κ1) is 14.0. The minimum atomic E-state index is -0.792. The zero-order valence-corrected chi connectivity index (χ0v) is 11.9. The van der Waals surface area contributed by atoms with Gasteiger partial charge in [0.25, 0.3) is 0 Å². The Balaban J connectivity index is 2.56. The molecule has 0 spiro atoms. The molecule has 0 aromatic heterocycles. The van der Waals surface area contributed by atoms with Gasteiger partial charge < -0.3 is 5.11 Å². The molecule has 1 atom stereocenters. The lowest BCUT2D eigenvalue weighted by atomic mass is 9.91. The van der Waals surface area contributed by atoms with Gasteiger partial charge >= 0.3 is 0 Å². The normalized spacial score (nSPS) is 12.5. The Morgan fingerprint density at radius 2 is 1.68 bits per heavy atom. The van der Waals surface area contributed by atoms with Crippen molar-refractivity contribution in [3.05, 3.63) is 69.0 Å². The molecule has 0 fully saturated rings. The second kappa shape index (κ2) is 5.32. The highest BCUT2D eigenvalue weighted by Gasteiger charge is 2.18. The molecule has 2 aromatic carbocycles. The van der Waals surface area contributed by atoms with Gasteiger partial charge in [-0.2, -0.15) is 0 Å². The maximum Gasteiger partial charge on any atom is 0.123 e. The SMILES string of the molecule is Cc1cc(F)cc(C)c1C(O)c1cccc(Cl)c1C. The summed E-state index contributed by atoms with van der Waals surface area (Å²) in [6.07, 6.45) is -0.792. The second-order valence-electron chi connectivity index (χ2n) is 4.81. The minimum absolute atomic E-state index is 0.284. The summed E-state index contributed by atoms with van der Waals surface area (Å²) in [4.78, 5) is 0. The van der Waals surface area contributed by atoms with Gasteiger partial charge in [0.1, 0.15) is 11.9 Å². The standard InChI is InChI=1S/C16H16ClFO/c1-9-7-12(18)8-10(2)15(9)16(19)13-5-4-6-14(17)11(13)3/h4-8,16,19H,1-3H3. The summed E-state index contributed by atoms with van der Waals surface area (Å²) in [6, 6.07) is 8.31. The van der Waals surface area contributed by atoms with Crippen molar-refractivity contribution < 1.29 is 9.50 Å². The van der Waals surface area contributed by atoms with Gasteiger partial charge in [0.05, 0.1) is 0 Å². The Morgan fingerprint density at radius 3 is 2.26 bits per heavy atom. The fourth-order valence-electron chi connectivity index (χ4n) is 2.43. The molecule has 0 heterocycles. The fourth-order valence-corrected chi connectivity index (χ4v) is 2.61. The van der Waals surface area contributed by atoms with E-state index in [1.807, 2.05) is 19.1 Å². The Kier molecular flexibility index (Phi) is 3.93. The highest BCUT2D eigenvalue weighted by Crippen LogP contribution is 2.32. The molecule has 0 bridgehead atoms. The van der Waals surface area contributed by atoms with E-state index in [0.29, 0.717) is 5.02 Å². The van der Waals surface area contributed by atoms with Crippen LogP contribution in [-0.2, 0) is 0 Å². The molecule has 0 amide bonds. The maximum atomic E-state index is 13.3. The van der Waals surface area contributed by atoms with E-state index >= 15 is 0 Å². The first-order valence-corrected chi connectivity index (χ1v) is 6.49. The number of aryl methyl sites for hydroxylation is 2. The van der Waals surface area contributed by atoms with Crippen LogP contribution in [-0.4, -0.2) is 5.11 Å².